The molecule has 0 aliphatic carbocycles. The zero-order chi connectivity index (χ0) is 17.2. The number of hydrogen-bond acceptors (Lipinski definition) is 4. The molecule has 0 atom stereocenters. The Morgan fingerprint density at radius 2 is 1.96 bits per heavy atom. The molecule has 0 saturated heterocycles. The molecule has 0 saturated carbocycles. The van der Waals surface area contributed by atoms with Crippen LogP contribution in [0.4, 0.5) is 0 Å². The van der Waals surface area contributed by atoms with E-state index >= 15 is 0 Å². The number of hydrogen-bond donors (Lipinski definition) is 1. The molecule has 0 bridgehead atoms. The largest absolute Gasteiger partial charge is 0.454 e. The number of carbonyl (C=O) groups excluding carboxylic acids is 1. The Labute approximate surface area is 150 Å². The smallest absolute Gasteiger partial charge is 0.261 e. The Morgan fingerprint density at radius 1 is 1.08 bits per heavy atom. The molecular weight excluding hydrogens is 334 g/mol. The van der Waals surface area contributed by atoms with Crippen LogP contribution in [-0.4, -0.2) is 12.7 Å². The van der Waals surface area contributed by atoms with Crippen LogP contribution in [0, 0.1) is 6.92 Å². The highest BCUT2D eigenvalue weighted by Crippen LogP contribution is 2.37. The molecule has 0 unspecified atom stereocenters. The first-order chi connectivity index (χ1) is 12.2. The van der Waals surface area contributed by atoms with E-state index in [0.29, 0.717) is 11.4 Å². The van der Waals surface area contributed by atoms with Crippen LogP contribution in [0.15, 0.2) is 54.6 Å². The lowest BCUT2D eigenvalue weighted by Crippen LogP contribution is -2.21. The van der Waals surface area contributed by atoms with E-state index in [-0.39, 0.29) is 12.7 Å². The van der Waals surface area contributed by atoms with Gasteiger partial charge in [-0.15, -0.1) is 11.3 Å². The first-order valence-electron chi connectivity index (χ1n) is 8.03. The highest BCUT2D eigenvalue weighted by atomic mass is 32.1. The van der Waals surface area contributed by atoms with Crippen molar-refractivity contribution < 1.29 is 14.3 Å². The summed E-state index contributed by atoms with van der Waals surface area (Å²) in [5.41, 5.74) is 3.31. The third-order valence-electron chi connectivity index (χ3n) is 4.02. The third kappa shape index (κ3) is 3.37. The summed E-state index contributed by atoms with van der Waals surface area (Å²) in [6, 6.07) is 17.8. The number of amides is 1. The van der Waals surface area contributed by atoms with Gasteiger partial charge in [0, 0.05) is 11.4 Å². The van der Waals surface area contributed by atoms with Gasteiger partial charge in [0.1, 0.15) is 0 Å². The Hall–Kier alpha value is -2.79. The van der Waals surface area contributed by atoms with Crippen molar-refractivity contribution in [3.05, 3.63) is 70.6 Å². The second kappa shape index (κ2) is 6.61. The maximum Gasteiger partial charge on any atom is 0.261 e. The molecule has 1 N–H and O–H groups in total. The van der Waals surface area contributed by atoms with Crippen molar-refractivity contribution >= 4 is 17.2 Å². The topological polar surface area (TPSA) is 47.6 Å². The fourth-order valence-electron chi connectivity index (χ4n) is 2.76. The molecule has 1 aliphatic heterocycles. The summed E-state index contributed by atoms with van der Waals surface area (Å²) in [4.78, 5) is 14.1. The lowest BCUT2D eigenvalue weighted by molar-refractivity contribution is 0.0955. The van der Waals surface area contributed by atoms with Gasteiger partial charge in [0.25, 0.3) is 5.91 Å². The predicted molar refractivity (Wildman–Crippen MR) is 98.2 cm³/mol. The second-order valence-corrected chi connectivity index (χ2v) is 6.99. The molecule has 1 amide bonds. The molecule has 0 spiro atoms. The Balaban J connectivity index is 1.46. The normalized spacial score (nSPS) is 12.2. The summed E-state index contributed by atoms with van der Waals surface area (Å²) >= 11 is 1.47. The van der Waals surface area contributed by atoms with Crippen molar-refractivity contribution in [3.8, 4) is 21.9 Å². The van der Waals surface area contributed by atoms with Gasteiger partial charge in [-0.2, -0.15) is 0 Å². The number of ether oxygens (including phenoxy) is 2. The minimum atomic E-state index is -0.0569. The van der Waals surface area contributed by atoms with E-state index in [1.54, 1.807) is 0 Å². The minimum absolute atomic E-state index is 0.0569. The van der Waals surface area contributed by atoms with Crippen molar-refractivity contribution in [1.82, 2.24) is 5.32 Å². The molecule has 126 valence electrons. The summed E-state index contributed by atoms with van der Waals surface area (Å²) in [6.07, 6.45) is 0. The molecule has 1 aromatic heterocycles. The average Bonchev–Trinajstić information content (AvgIpc) is 3.28. The van der Waals surface area contributed by atoms with Crippen molar-refractivity contribution in [2.24, 2.45) is 0 Å². The fraction of sp³-hybridized carbons (Fsp3) is 0.150. The van der Waals surface area contributed by atoms with E-state index in [1.807, 2.05) is 55.5 Å². The van der Waals surface area contributed by atoms with E-state index in [9.17, 15) is 4.79 Å². The first-order valence-corrected chi connectivity index (χ1v) is 8.84. The zero-order valence-electron chi connectivity index (χ0n) is 13.7. The second-order valence-electron chi connectivity index (χ2n) is 5.90. The third-order valence-corrected chi connectivity index (χ3v) is 5.16. The Kier molecular flexibility index (Phi) is 4.15. The average molecular weight is 351 g/mol. The zero-order valence-corrected chi connectivity index (χ0v) is 14.6. The maximum atomic E-state index is 12.4. The van der Waals surface area contributed by atoms with Crippen molar-refractivity contribution in [2.75, 3.05) is 6.79 Å². The molecular formula is C20H17NO3S. The quantitative estimate of drug-likeness (QED) is 0.759. The van der Waals surface area contributed by atoms with Crippen LogP contribution in [0.25, 0.3) is 10.4 Å². The van der Waals surface area contributed by atoms with E-state index in [4.69, 9.17) is 9.47 Å². The van der Waals surface area contributed by atoms with Gasteiger partial charge in [-0.1, -0.05) is 29.8 Å². The molecule has 4 nitrogen and oxygen atoms in total. The molecule has 0 fully saturated rings. The Morgan fingerprint density at radius 3 is 2.84 bits per heavy atom. The van der Waals surface area contributed by atoms with Crippen LogP contribution in [-0.2, 0) is 6.54 Å². The fourth-order valence-corrected chi connectivity index (χ4v) is 3.68. The lowest BCUT2D eigenvalue weighted by atomic mass is 10.1. The van der Waals surface area contributed by atoms with Crippen LogP contribution >= 0.6 is 11.3 Å². The Bertz CT molecular complexity index is 932. The number of fused-ring (bicyclic) bond motifs is 1. The molecule has 2 aromatic carbocycles. The monoisotopic (exact) mass is 351 g/mol. The number of carbonyl (C=O) groups is 1. The van der Waals surface area contributed by atoms with Gasteiger partial charge in [0.2, 0.25) is 6.79 Å². The summed E-state index contributed by atoms with van der Waals surface area (Å²) in [7, 11) is 0. The number of nitrogens with one attached hydrogen (secondary N) is 1. The number of aryl methyl sites for hydroxylation is 1. The number of thiophene rings is 1. The van der Waals surface area contributed by atoms with Crippen molar-refractivity contribution in [3.63, 3.8) is 0 Å². The van der Waals surface area contributed by atoms with Crippen molar-refractivity contribution in [1.29, 1.82) is 0 Å². The molecule has 2 heterocycles. The molecule has 1 aliphatic rings. The van der Waals surface area contributed by atoms with Crippen molar-refractivity contribution in [2.45, 2.75) is 13.5 Å². The standard InChI is InChI=1S/C20H17NO3S/c1-13-3-2-4-14(9-13)11-21-20(22)19-8-7-18(25-19)15-5-6-16-17(10-15)24-12-23-16/h2-10H,11-12H2,1H3,(H,21,22). The van der Waals surface area contributed by atoms with Gasteiger partial charge < -0.3 is 14.8 Å². The van der Waals surface area contributed by atoms with Crippen LogP contribution < -0.4 is 14.8 Å². The molecule has 0 radical (unpaired) electrons. The summed E-state index contributed by atoms with van der Waals surface area (Å²) in [5.74, 6) is 1.45. The molecule has 5 heteroatoms. The maximum absolute atomic E-state index is 12.4. The highest BCUT2D eigenvalue weighted by Gasteiger charge is 2.16. The summed E-state index contributed by atoms with van der Waals surface area (Å²) < 4.78 is 10.7. The summed E-state index contributed by atoms with van der Waals surface area (Å²) in [5, 5.41) is 2.98. The first kappa shape index (κ1) is 15.7. The minimum Gasteiger partial charge on any atom is -0.454 e. The van der Waals surface area contributed by atoms with Crippen LogP contribution in [0.5, 0.6) is 11.5 Å². The summed E-state index contributed by atoms with van der Waals surface area (Å²) in [6.45, 7) is 2.83. The highest BCUT2D eigenvalue weighted by molar-refractivity contribution is 7.17. The van der Waals surface area contributed by atoms with Gasteiger partial charge >= 0.3 is 0 Å². The molecule has 25 heavy (non-hydrogen) atoms. The van der Waals surface area contributed by atoms with Gasteiger partial charge in [-0.3, -0.25) is 4.79 Å². The van der Waals surface area contributed by atoms with Gasteiger partial charge in [-0.05, 0) is 48.4 Å². The van der Waals surface area contributed by atoms with Gasteiger partial charge in [0.05, 0.1) is 4.88 Å². The number of rotatable bonds is 4. The van der Waals surface area contributed by atoms with E-state index in [0.717, 1.165) is 27.5 Å². The SMILES string of the molecule is Cc1cccc(CNC(=O)c2ccc(-c3ccc4c(c3)OCO4)s2)c1. The molecule has 3 aromatic rings. The lowest BCUT2D eigenvalue weighted by Gasteiger charge is -2.04. The predicted octanol–water partition coefficient (Wildman–Crippen LogP) is 4.38. The number of benzene rings is 2. The van der Waals surface area contributed by atoms with Crippen LogP contribution in [0.1, 0.15) is 20.8 Å². The van der Waals surface area contributed by atoms with E-state index in [1.165, 1.54) is 16.9 Å². The van der Waals surface area contributed by atoms with Gasteiger partial charge in [-0.25, -0.2) is 0 Å². The van der Waals surface area contributed by atoms with E-state index < -0.39 is 0 Å². The molecule has 4 rings (SSSR count). The van der Waals surface area contributed by atoms with Crippen LogP contribution in [0.3, 0.4) is 0 Å². The van der Waals surface area contributed by atoms with Crippen LogP contribution in [0.2, 0.25) is 0 Å². The van der Waals surface area contributed by atoms with Gasteiger partial charge in [0.15, 0.2) is 11.5 Å². The van der Waals surface area contributed by atoms with E-state index in [2.05, 4.69) is 11.4 Å².